The maximum atomic E-state index is 11.3. The largest absolute Gasteiger partial charge is 0.462 e. The summed E-state index contributed by atoms with van der Waals surface area (Å²) in [6.07, 6.45) is 3.28. The summed E-state index contributed by atoms with van der Waals surface area (Å²) >= 11 is 0. The van der Waals surface area contributed by atoms with Gasteiger partial charge in [0.25, 0.3) is 0 Å². The Morgan fingerprint density at radius 3 is 1.89 bits per heavy atom. The maximum Gasteiger partial charge on any atom is 0.333 e. The van der Waals surface area contributed by atoms with Crippen molar-refractivity contribution in [3.8, 4) is 11.1 Å². The molecule has 0 atom stereocenters. The van der Waals surface area contributed by atoms with Crippen molar-refractivity contribution >= 4 is 5.97 Å². The van der Waals surface area contributed by atoms with Gasteiger partial charge in [0.15, 0.2) is 0 Å². The lowest BCUT2D eigenvalue weighted by Crippen LogP contribution is -2.11. The summed E-state index contributed by atoms with van der Waals surface area (Å²) in [5.41, 5.74) is 5.17. The first-order valence-corrected chi connectivity index (χ1v) is 9.76. The lowest BCUT2D eigenvalue weighted by atomic mass is 9.97. The monoisotopic (exact) mass is 382 g/mol. The molecule has 0 saturated carbocycles. The molecule has 0 bridgehead atoms. The number of ether oxygens (including phenoxy) is 1. The quantitative estimate of drug-likeness (QED) is 0.351. The van der Waals surface area contributed by atoms with Gasteiger partial charge in [-0.15, -0.1) is 0 Å². The Morgan fingerprint density at radius 2 is 1.43 bits per heavy atom. The number of carbonyl (C=O) groups is 1. The zero-order valence-corrected chi connectivity index (χ0v) is 16.6. The second-order valence-electron chi connectivity index (χ2n) is 7.18. The summed E-state index contributed by atoms with van der Waals surface area (Å²) in [5, 5.41) is 18.3. The van der Waals surface area contributed by atoms with Crippen molar-refractivity contribution in [3.63, 3.8) is 0 Å². The lowest BCUT2D eigenvalue weighted by molar-refractivity contribution is -0.139. The van der Waals surface area contributed by atoms with Crippen LogP contribution in [0.15, 0.2) is 60.7 Å². The second-order valence-corrected chi connectivity index (χ2v) is 7.18. The number of aryl methyl sites for hydroxylation is 2. The van der Waals surface area contributed by atoms with Crippen LogP contribution in [0.25, 0.3) is 11.1 Å². The molecule has 0 radical (unpaired) electrons. The first kappa shape index (κ1) is 21.9. The highest BCUT2D eigenvalue weighted by Gasteiger charge is 2.06. The zero-order valence-electron chi connectivity index (χ0n) is 16.6. The van der Waals surface area contributed by atoms with E-state index in [4.69, 9.17) is 14.9 Å². The summed E-state index contributed by atoms with van der Waals surface area (Å²) in [6, 6.07) is 16.8. The van der Waals surface area contributed by atoms with Gasteiger partial charge in [0.1, 0.15) is 0 Å². The third-order valence-corrected chi connectivity index (χ3v) is 4.79. The molecular weight excluding hydrogens is 352 g/mol. The van der Waals surface area contributed by atoms with Crippen LogP contribution in [0.4, 0.5) is 0 Å². The minimum atomic E-state index is -0.331. The van der Waals surface area contributed by atoms with Crippen LogP contribution in [0.3, 0.4) is 0 Å². The van der Waals surface area contributed by atoms with Gasteiger partial charge in [0.05, 0.1) is 6.61 Å². The van der Waals surface area contributed by atoms with E-state index >= 15 is 0 Å². The average molecular weight is 383 g/mol. The van der Waals surface area contributed by atoms with Crippen LogP contribution in [0.1, 0.15) is 30.9 Å². The Hall–Kier alpha value is -2.43. The van der Waals surface area contributed by atoms with Crippen molar-refractivity contribution in [1.82, 2.24) is 0 Å². The highest BCUT2D eigenvalue weighted by Crippen LogP contribution is 2.22. The van der Waals surface area contributed by atoms with E-state index < -0.39 is 0 Å². The van der Waals surface area contributed by atoms with E-state index in [-0.39, 0.29) is 25.1 Å². The van der Waals surface area contributed by atoms with Crippen LogP contribution in [0.2, 0.25) is 0 Å². The van der Waals surface area contributed by atoms with Crippen molar-refractivity contribution in [2.45, 2.75) is 32.6 Å². The molecule has 0 unspecified atom stereocenters. The molecule has 0 aromatic heterocycles. The van der Waals surface area contributed by atoms with E-state index in [1.807, 2.05) is 0 Å². The van der Waals surface area contributed by atoms with E-state index in [9.17, 15) is 4.79 Å². The third kappa shape index (κ3) is 6.95. The molecule has 0 fully saturated rings. The van der Waals surface area contributed by atoms with Gasteiger partial charge in [-0.1, -0.05) is 55.1 Å². The molecule has 2 rings (SSSR count). The number of hydrogen-bond acceptors (Lipinski definition) is 4. The number of hydrogen-bond donors (Lipinski definition) is 2. The smallest absolute Gasteiger partial charge is 0.333 e. The molecule has 0 spiro atoms. The minimum Gasteiger partial charge on any atom is -0.462 e. The Balaban J connectivity index is 1.84. The summed E-state index contributed by atoms with van der Waals surface area (Å²) in [6.45, 7) is 5.67. The highest BCUT2D eigenvalue weighted by molar-refractivity contribution is 5.86. The molecule has 2 aromatic carbocycles. The van der Waals surface area contributed by atoms with Crippen LogP contribution >= 0.6 is 0 Å². The molecule has 2 aromatic rings. The fourth-order valence-corrected chi connectivity index (χ4v) is 2.90. The fraction of sp³-hybridized carbons (Fsp3) is 0.375. The average Bonchev–Trinajstić information content (AvgIpc) is 2.72. The Labute approximate surface area is 167 Å². The SMILES string of the molecule is C=C(C)C(=O)OCCCc1ccc(-c2ccc(CCC(CO)CO)cc2)cc1. The van der Waals surface area contributed by atoms with Gasteiger partial charge >= 0.3 is 5.97 Å². The van der Waals surface area contributed by atoms with E-state index in [1.54, 1.807) is 6.92 Å². The summed E-state index contributed by atoms with van der Waals surface area (Å²) in [5.74, 6) is -0.376. The lowest BCUT2D eigenvalue weighted by Gasteiger charge is -2.11. The minimum absolute atomic E-state index is 0.0251. The van der Waals surface area contributed by atoms with Crippen molar-refractivity contribution in [1.29, 1.82) is 0 Å². The van der Waals surface area contributed by atoms with Gasteiger partial charge in [-0.05, 0) is 54.9 Å². The fourth-order valence-electron chi connectivity index (χ4n) is 2.90. The van der Waals surface area contributed by atoms with Gasteiger partial charge < -0.3 is 14.9 Å². The summed E-state index contributed by atoms with van der Waals surface area (Å²) in [7, 11) is 0. The Morgan fingerprint density at radius 1 is 0.929 bits per heavy atom. The first-order chi connectivity index (χ1) is 13.5. The van der Waals surface area contributed by atoms with Gasteiger partial charge in [0.2, 0.25) is 0 Å². The molecule has 4 heteroatoms. The molecule has 0 saturated heterocycles. The Kier molecular flexibility index (Phi) is 8.92. The van der Waals surface area contributed by atoms with Crippen LogP contribution < -0.4 is 0 Å². The molecule has 0 heterocycles. The van der Waals surface area contributed by atoms with E-state index in [2.05, 4.69) is 55.1 Å². The van der Waals surface area contributed by atoms with Crippen molar-refractivity contribution in [2.24, 2.45) is 5.92 Å². The molecule has 0 aliphatic rings. The van der Waals surface area contributed by atoms with Crippen molar-refractivity contribution < 1.29 is 19.7 Å². The van der Waals surface area contributed by atoms with E-state index in [0.29, 0.717) is 12.2 Å². The standard InChI is InChI=1S/C24H30O4/c1-18(2)24(27)28-15-3-4-19-7-11-22(12-8-19)23-13-9-20(10-14-23)5-6-21(16-25)17-26/h7-14,21,25-26H,1,3-6,15-17H2,2H3. The topological polar surface area (TPSA) is 66.8 Å². The van der Waals surface area contributed by atoms with Gasteiger partial charge in [0, 0.05) is 24.7 Å². The second kappa shape index (κ2) is 11.4. The maximum absolute atomic E-state index is 11.3. The van der Waals surface area contributed by atoms with Crippen molar-refractivity contribution in [3.05, 3.63) is 71.8 Å². The molecule has 0 aliphatic carbocycles. The molecule has 0 aliphatic heterocycles. The molecule has 4 nitrogen and oxygen atoms in total. The number of benzene rings is 2. The van der Waals surface area contributed by atoms with Gasteiger partial charge in [-0.3, -0.25) is 0 Å². The van der Waals surface area contributed by atoms with Crippen LogP contribution in [-0.2, 0) is 22.4 Å². The highest BCUT2D eigenvalue weighted by atomic mass is 16.5. The molecule has 28 heavy (non-hydrogen) atoms. The zero-order chi connectivity index (χ0) is 20.4. The predicted molar refractivity (Wildman–Crippen MR) is 112 cm³/mol. The van der Waals surface area contributed by atoms with E-state index in [1.165, 1.54) is 11.1 Å². The molecule has 150 valence electrons. The normalized spacial score (nSPS) is 10.9. The van der Waals surface area contributed by atoms with E-state index in [0.717, 1.165) is 36.8 Å². The first-order valence-electron chi connectivity index (χ1n) is 9.76. The van der Waals surface area contributed by atoms with Crippen molar-refractivity contribution in [2.75, 3.05) is 19.8 Å². The number of carbonyl (C=O) groups excluding carboxylic acids is 1. The number of esters is 1. The Bertz CT molecular complexity index is 743. The molecule has 0 amide bonds. The van der Waals surface area contributed by atoms with Crippen LogP contribution in [0, 0.1) is 5.92 Å². The van der Waals surface area contributed by atoms with Gasteiger partial charge in [-0.2, -0.15) is 0 Å². The predicted octanol–water partition coefficient (Wildman–Crippen LogP) is 3.94. The van der Waals surface area contributed by atoms with Crippen LogP contribution in [0.5, 0.6) is 0 Å². The third-order valence-electron chi connectivity index (χ3n) is 4.79. The van der Waals surface area contributed by atoms with Crippen LogP contribution in [-0.4, -0.2) is 36.0 Å². The molecule has 2 N–H and O–H groups in total. The number of rotatable bonds is 11. The summed E-state index contributed by atoms with van der Waals surface area (Å²) in [4.78, 5) is 11.3. The molecular formula is C24H30O4. The van der Waals surface area contributed by atoms with Gasteiger partial charge in [-0.25, -0.2) is 4.79 Å². The number of aliphatic hydroxyl groups is 2. The summed E-state index contributed by atoms with van der Waals surface area (Å²) < 4.78 is 5.11. The number of aliphatic hydroxyl groups excluding tert-OH is 2.